The molecule has 0 aromatic rings. The highest BCUT2D eigenvalue weighted by molar-refractivity contribution is 5.71. The van der Waals surface area contributed by atoms with Gasteiger partial charge in [0.2, 0.25) is 0 Å². The molecule has 0 spiro atoms. The number of unbranched alkanes of at least 4 members (excludes halogenated alkanes) is 37. The van der Waals surface area contributed by atoms with E-state index in [2.05, 4.69) is 106 Å². The van der Waals surface area contributed by atoms with Gasteiger partial charge in [-0.3, -0.25) is 14.4 Å². The quantitative estimate of drug-likeness (QED) is 0.0261. The fraction of sp³-hybridized carbons (Fsp3) is 0.767. The summed E-state index contributed by atoms with van der Waals surface area (Å²) in [5.74, 6) is -0.931. The normalized spacial score (nSPS) is 12.6. The Hall–Kier alpha value is -3.41. The van der Waals surface area contributed by atoms with Crippen LogP contribution in [-0.2, 0) is 28.6 Å². The van der Waals surface area contributed by atoms with E-state index in [1.54, 1.807) is 0 Å². The summed E-state index contributed by atoms with van der Waals surface area (Å²) in [6, 6.07) is 0. The summed E-state index contributed by atoms with van der Waals surface area (Å²) in [6.07, 6.45) is 88.9. The fourth-order valence-corrected chi connectivity index (χ4v) is 9.85. The van der Waals surface area contributed by atoms with E-state index < -0.39 is 6.10 Å². The molecule has 1 unspecified atom stereocenters. The third-order valence-corrected chi connectivity index (χ3v) is 14.9. The molecule has 0 saturated carbocycles. The summed E-state index contributed by atoms with van der Waals surface area (Å²) in [7, 11) is 0. The third-order valence-electron chi connectivity index (χ3n) is 14.9. The van der Waals surface area contributed by atoms with Crippen molar-refractivity contribution in [2.75, 3.05) is 13.2 Å². The molecule has 0 amide bonds. The zero-order valence-electron chi connectivity index (χ0n) is 52.4. The maximum atomic E-state index is 12.9. The Bertz CT molecular complexity index is 1500. The van der Waals surface area contributed by atoms with Crippen LogP contribution in [-0.4, -0.2) is 37.2 Å². The highest BCUT2D eigenvalue weighted by atomic mass is 16.6. The average molecular weight is 1100 g/mol. The van der Waals surface area contributed by atoms with Crippen molar-refractivity contribution in [2.45, 2.75) is 348 Å². The summed E-state index contributed by atoms with van der Waals surface area (Å²) in [4.78, 5) is 38.4. The van der Waals surface area contributed by atoms with Crippen molar-refractivity contribution < 1.29 is 28.6 Å². The molecule has 0 aromatic carbocycles. The van der Waals surface area contributed by atoms with Crippen LogP contribution in [0.5, 0.6) is 0 Å². The molecule has 0 saturated heterocycles. The van der Waals surface area contributed by atoms with Gasteiger partial charge in [-0.2, -0.15) is 0 Å². The van der Waals surface area contributed by atoms with Gasteiger partial charge in [0.15, 0.2) is 6.10 Å². The lowest BCUT2D eigenvalue weighted by Gasteiger charge is -2.18. The van der Waals surface area contributed by atoms with Crippen molar-refractivity contribution in [1.82, 2.24) is 0 Å². The molecular weight excluding hydrogens is 973 g/mol. The Morgan fingerprint density at radius 3 is 0.772 bits per heavy atom. The lowest BCUT2D eigenvalue weighted by Crippen LogP contribution is -2.30. The molecule has 0 fully saturated rings. The van der Waals surface area contributed by atoms with Gasteiger partial charge < -0.3 is 14.2 Å². The van der Waals surface area contributed by atoms with Gasteiger partial charge in [-0.1, -0.05) is 337 Å². The number of hydrogen-bond donors (Lipinski definition) is 0. The number of carbonyl (C=O) groups excluding carboxylic acids is 3. The lowest BCUT2D eigenvalue weighted by molar-refractivity contribution is -0.167. The molecule has 456 valence electrons. The largest absolute Gasteiger partial charge is 0.462 e. The first-order chi connectivity index (χ1) is 39.0. The number of carbonyl (C=O) groups is 3. The summed E-state index contributed by atoms with van der Waals surface area (Å²) in [5, 5.41) is 0. The van der Waals surface area contributed by atoms with Crippen LogP contribution in [0.15, 0.2) is 85.1 Å². The molecule has 79 heavy (non-hydrogen) atoms. The molecule has 0 aliphatic carbocycles. The second kappa shape index (κ2) is 67.1. The fourth-order valence-electron chi connectivity index (χ4n) is 9.85. The van der Waals surface area contributed by atoms with Crippen LogP contribution in [0.3, 0.4) is 0 Å². The van der Waals surface area contributed by atoms with E-state index in [1.165, 1.54) is 205 Å². The lowest BCUT2D eigenvalue weighted by atomic mass is 10.0. The molecule has 0 bridgehead atoms. The van der Waals surface area contributed by atoms with E-state index in [1.807, 2.05) is 0 Å². The van der Waals surface area contributed by atoms with Crippen LogP contribution in [0.1, 0.15) is 342 Å². The van der Waals surface area contributed by atoms with Crippen LogP contribution in [0.25, 0.3) is 0 Å². The summed E-state index contributed by atoms with van der Waals surface area (Å²) < 4.78 is 16.9. The van der Waals surface area contributed by atoms with E-state index in [9.17, 15) is 14.4 Å². The van der Waals surface area contributed by atoms with Crippen LogP contribution in [0.4, 0.5) is 0 Å². The van der Waals surface area contributed by atoms with E-state index in [4.69, 9.17) is 14.2 Å². The van der Waals surface area contributed by atoms with Gasteiger partial charge in [0.25, 0.3) is 0 Å². The highest BCUT2D eigenvalue weighted by Crippen LogP contribution is 2.18. The monoisotopic (exact) mass is 1100 g/mol. The van der Waals surface area contributed by atoms with Crippen LogP contribution in [0, 0.1) is 0 Å². The first-order valence-electron chi connectivity index (χ1n) is 34.1. The molecule has 0 rings (SSSR count). The van der Waals surface area contributed by atoms with Gasteiger partial charge in [0.05, 0.1) is 0 Å². The van der Waals surface area contributed by atoms with Gasteiger partial charge in [0.1, 0.15) is 13.2 Å². The molecule has 0 heterocycles. The Morgan fingerprint density at radius 1 is 0.266 bits per heavy atom. The summed E-state index contributed by atoms with van der Waals surface area (Å²) in [5.41, 5.74) is 0. The van der Waals surface area contributed by atoms with Gasteiger partial charge in [-0.05, 0) is 70.6 Å². The number of hydrogen-bond acceptors (Lipinski definition) is 6. The average Bonchev–Trinajstić information content (AvgIpc) is 3.45. The van der Waals surface area contributed by atoms with Crippen molar-refractivity contribution in [1.29, 1.82) is 0 Å². The van der Waals surface area contributed by atoms with Crippen LogP contribution >= 0.6 is 0 Å². The first kappa shape index (κ1) is 75.6. The molecule has 0 radical (unpaired) electrons. The second-order valence-corrected chi connectivity index (χ2v) is 22.7. The minimum Gasteiger partial charge on any atom is -0.462 e. The Kier molecular flexibility index (Phi) is 64.2. The van der Waals surface area contributed by atoms with Crippen molar-refractivity contribution in [3.63, 3.8) is 0 Å². The Labute approximate surface area is 490 Å². The SMILES string of the molecule is CC/C=C\C/C=C\C/C=C\C/C=C\C/C=C\C/C=C\C/C=C\CCCC(=O)OCC(COC(=O)CCCCCCCCCCCCCCCCCCC)OC(=O)CCCCCCCCCCCCCCCCCCCCCCC. The smallest absolute Gasteiger partial charge is 0.306 e. The zero-order valence-corrected chi connectivity index (χ0v) is 52.4. The number of esters is 3. The van der Waals surface area contributed by atoms with Crippen molar-refractivity contribution in [2.24, 2.45) is 0 Å². The molecule has 6 heteroatoms. The molecule has 0 aliphatic heterocycles. The van der Waals surface area contributed by atoms with Crippen molar-refractivity contribution in [3.8, 4) is 0 Å². The van der Waals surface area contributed by atoms with Gasteiger partial charge in [-0.15, -0.1) is 0 Å². The van der Waals surface area contributed by atoms with Crippen LogP contribution in [0.2, 0.25) is 0 Å². The minimum atomic E-state index is -0.799. The van der Waals surface area contributed by atoms with E-state index in [0.29, 0.717) is 19.3 Å². The van der Waals surface area contributed by atoms with E-state index in [-0.39, 0.29) is 37.5 Å². The van der Waals surface area contributed by atoms with Gasteiger partial charge in [0, 0.05) is 19.3 Å². The molecular formula is C73H128O6. The molecule has 0 aromatic heterocycles. The van der Waals surface area contributed by atoms with Crippen molar-refractivity contribution in [3.05, 3.63) is 85.1 Å². The topological polar surface area (TPSA) is 78.9 Å². The highest BCUT2D eigenvalue weighted by Gasteiger charge is 2.19. The van der Waals surface area contributed by atoms with Gasteiger partial charge in [-0.25, -0.2) is 0 Å². The van der Waals surface area contributed by atoms with Crippen LogP contribution < -0.4 is 0 Å². The standard InChI is InChI=1S/C73H128O6/c1-4-7-10-13-16-19-22-25-28-31-33-35-36-38-39-42-45-48-51-54-57-60-63-66-72(75)78-69-70(68-77-71(74)65-62-59-56-53-50-47-44-41-30-27-24-21-18-15-12-9-6-3)79-73(76)67-64-61-58-55-52-49-46-43-40-37-34-32-29-26-23-20-17-14-11-8-5-2/h7,10,16,19,25,28,33,35,38-39,45,48,54,57,70H,4-6,8-9,11-15,17-18,20-24,26-27,29-32,34,36-37,40-44,46-47,49-53,55-56,58-69H2,1-3H3/b10-7-,19-16-,28-25-,35-33-,39-38-,48-45-,57-54-. The third kappa shape index (κ3) is 65.3. The predicted molar refractivity (Wildman–Crippen MR) is 344 cm³/mol. The Morgan fingerprint density at radius 2 is 0.494 bits per heavy atom. The van der Waals surface area contributed by atoms with Gasteiger partial charge >= 0.3 is 17.9 Å². The maximum Gasteiger partial charge on any atom is 0.306 e. The number of rotatable bonds is 62. The predicted octanol–water partition coefficient (Wildman–Crippen LogP) is 23.4. The second-order valence-electron chi connectivity index (χ2n) is 22.7. The molecule has 0 N–H and O–H groups in total. The Balaban J connectivity index is 4.43. The molecule has 1 atom stereocenters. The number of ether oxygens (including phenoxy) is 3. The first-order valence-corrected chi connectivity index (χ1v) is 34.1. The number of allylic oxidation sites excluding steroid dienone is 14. The van der Waals surface area contributed by atoms with Crippen molar-refractivity contribution >= 4 is 17.9 Å². The molecule has 6 nitrogen and oxygen atoms in total. The van der Waals surface area contributed by atoms with E-state index >= 15 is 0 Å². The summed E-state index contributed by atoms with van der Waals surface area (Å²) >= 11 is 0. The maximum absolute atomic E-state index is 12.9. The zero-order chi connectivity index (χ0) is 57.1. The molecule has 0 aliphatic rings. The summed E-state index contributed by atoms with van der Waals surface area (Å²) in [6.45, 7) is 6.54. The minimum absolute atomic E-state index is 0.0898. The van der Waals surface area contributed by atoms with E-state index in [0.717, 1.165) is 89.9 Å².